The van der Waals surface area contributed by atoms with E-state index in [9.17, 15) is 10.2 Å². The molecule has 3 nitrogen and oxygen atoms in total. The zero-order valence-electron chi connectivity index (χ0n) is 11.4. The second-order valence-electron chi connectivity index (χ2n) is 5.07. The van der Waals surface area contributed by atoms with Gasteiger partial charge in [-0.05, 0) is 28.3 Å². The Labute approximate surface area is 119 Å². The molecule has 3 heteroatoms. The van der Waals surface area contributed by atoms with E-state index in [4.69, 9.17) is 0 Å². The van der Waals surface area contributed by atoms with Crippen molar-refractivity contribution in [3.8, 4) is 11.1 Å². The van der Waals surface area contributed by atoms with E-state index in [-0.39, 0.29) is 13.2 Å². The standard InChI is InChI=1S/C17H19NO2/c19-10-8-18(9-11-20)17-7-3-6-15-14-5-2-1-4-13(14)12-16(15)17/h1-7,19-20H,8-12H2. The molecule has 0 aliphatic heterocycles. The number of aliphatic hydroxyl groups is 2. The number of nitrogens with zero attached hydrogens (tertiary/aromatic N) is 1. The number of benzene rings is 2. The van der Waals surface area contributed by atoms with Crippen LogP contribution in [0.1, 0.15) is 11.1 Å². The Bertz CT molecular complexity index is 604. The largest absolute Gasteiger partial charge is 0.395 e. The summed E-state index contributed by atoms with van der Waals surface area (Å²) >= 11 is 0. The van der Waals surface area contributed by atoms with E-state index in [1.807, 2.05) is 0 Å². The molecule has 0 heterocycles. The lowest BCUT2D eigenvalue weighted by Gasteiger charge is -2.25. The average Bonchev–Trinajstić information content (AvgIpc) is 2.85. The van der Waals surface area contributed by atoms with E-state index in [0.29, 0.717) is 13.1 Å². The summed E-state index contributed by atoms with van der Waals surface area (Å²) in [6.45, 7) is 1.29. The normalized spacial score (nSPS) is 12.1. The molecule has 0 bridgehead atoms. The fourth-order valence-electron chi connectivity index (χ4n) is 3.03. The minimum absolute atomic E-state index is 0.0939. The maximum absolute atomic E-state index is 9.22. The van der Waals surface area contributed by atoms with Crippen LogP contribution in [-0.2, 0) is 6.42 Å². The third-order valence-corrected chi connectivity index (χ3v) is 3.91. The van der Waals surface area contributed by atoms with E-state index in [2.05, 4.69) is 47.4 Å². The van der Waals surface area contributed by atoms with Gasteiger partial charge in [0, 0.05) is 25.2 Å². The number of rotatable bonds is 5. The Morgan fingerprint density at radius 3 is 2.30 bits per heavy atom. The van der Waals surface area contributed by atoms with Crippen molar-refractivity contribution in [3.63, 3.8) is 0 Å². The van der Waals surface area contributed by atoms with Gasteiger partial charge in [0.1, 0.15) is 0 Å². The van der Waals surface area contributed by atoms with Crippen LogP contribution in [0, 0.1) is 0 Å². The van der Waals surface area contributed by atoms with Crippen molar-refractivity contribution in [1.82, 2.24) is 0 Å². The van der Waals surface area contributed by atoms with Gasteiger partial charge in [0.05, 0.1) is 13.2 Å². The average molecular weight is 269 g/mol. The quantitative estimate of drug-likeness (QED) is 0.745. The summed E-state index contributed by atoms with van der Waals surface area (Å²) in [6, 6.07) is 14.8. The molecule has 0 saturated heterocycles. The topological polar surface area (TPSA) is 43.7 Å². The molecule has 1 aliphatic carbocycles. The highest BCUT2D eigenvalue weighted by Crippen LogP contribution is 2.41. The van der Waals surface area contributed by atoms with Gasteiger partial charge in [-0.25, -0.2) is 0 Å². The maximum Gasteiger partial charge on any atom is 0.0606 e. The molecule has 3 rings (SSSR count). The van der Waals surface area contributed by atoms with Gasteiger partial charge in [0.2, 0.25) is 0 Å². The van der Waals surface area contributed by atoms with Crippen LogP contribution >= 0.6 is 0 Å². The molecule has 2 aromatic carbocycles. The van der Waals surface area contributed by atoms with Crippen LogP contribution in [0.2, 0.25) is 0 Å². The summed E-state index contributed by atoms with van der Waals surface area (Å²) in [5, 5.41) is 18.4. The molecule has 0 spiro atoms. The lowest BCUT2D eigenvalue weighted by atomic mass is 10.0. The van der Waals surface area contributed by atoms with Crippen LogP contribution in [0.5, 0.6) is 0 Å². The molecule has 20 heavy (non-hydrogen) atoms. The van der Waals surface area contributed by atoms with Gasteiger partial charge in [-0.1, -0.05) is 36.4 Å². The first-order valence-corrected chi connectivity index (χ1v) is 7.02. The highest BCUT2D eigenvalue weighted by atomic mass is 16.3. The van der Waals surface area contributed by atoms with Crippen molar-refractivity contribution in [3.05, 3.63) is 53.6 Å². The number of aliphatic hydroxyl groups excluding tert-OH is 2. The molecule has 0 radical (unpaired) electrons. The fraction of sp³-hybridized carbons (Fsp3) is 0.294. The van der Waals surface area contributed by atoms with Crippen LogP contribution in [0.25, 0.3) is 11.1 Å². The van der Waals surface area contributed by atoms with E-state index in [0.717, 1.165) is 12.1 Å². The van der Waals surface area contributed by atoms with Gasteiger partial charge in [-0.15, -0.1) is 0 Å². The first-order valence-electron chi connectivity index (χ1n) is 7.02. The molecule has 2 N–H and O–H groups in total. The summed E-state index contributed by atoms with van der Waals surface area (Å²) in [5.41, 5.74) is 6.36. The molecular weight excluding hydrogens is 250 g/mol. The molecule has 0 saturated carbocycles. The van der Waals surface area contributed by atoms with Crippen LogP contribution in [0.15, 0.2) is 42.5 Å². The molecule has 0 atom stereocenters. The van der Waals surface area contributed by atoms with Crippen LogP contribution < -0.4 is 4.90 Å². The van der Waals surface area contributed by atoms with E-state index in [1.165, 1.54) is 22.3 Å². The Morgan fingerprint density at radius 1 is 0.850 bits per heavy atom. The number of hydrogen-bond donors (Lipinski definition) is 2. The zero-order valence-corrected chi connectivity index (χ0v) is 11.4. The predicted octanol–water partition coefficient (Wildman–Crippen LogP) is 2.05. The van der Waals surface area contributed by atoms with Crippen LogP contribution in [0.3, 0.4) is 0 Å². The highest BCUT2D eigenvalue weighted by molar-refractivity contribution is 5.82. The summed E-state index contributed by atoms with van der Waals surface area (Å²) in [5.74, 6) is 0. The van der Waals surface area contributed by atoms with Crippen molar-refractivity contribution < 1.29 is 10.2 Å². The summed E-state index contributed by atoms with van der Waals surface area (Å²) < 4.78 is 0. The maximum atomic E-state index is 9.22. The highest BCUT2D eigenvalue weighted by Gasteiger charge is 2.22. The van der Waals surface area contributed by atoms with Crippen LogP contribution in [0.4, 0.5) is 5.69 Å². The van der Waals surface area contributed by atoms with E-state index < -0.39 is 0 Å². The zero-order chi connectivity index (χ0) is 13.9. The van der Waals surface area contributed by atoms with Crippen molar-refractivity contribution >= 4 is 5.69 Å². The summed E-state index contributed by atoms with van der Waals surface area (Å²) in [6.07, 6.45) is 0.926. The van der Waals surface area contributed by atoms with Crippen LogP contribution in [-0.4, -0.2) is 36.5 Å². The van der Waals surface area contributed by atoms with Gasteiger partial charge in [0.25, 0.3) is 0 Å². The van der Waals surface area contributed by atoms with E-state index >= 15 is 0 Å². The Balaban J connectivity index is 2.04. The molecule has 0 aromatic heterocycles. The van der Waals surface area contributed by atoms with Gasteiger partial charge in [-0.3, -0.25) is 0 Å². The lowest BCUT2D eigenvalue weighted by molar-refractivity contribution is 0.281. The van der Waals surface area contributed by atoms with Gasteiger partial charge in [0.15, 0.2) is 0 Å². The van der Waals surface area contributed by atoms with Crippen molar-refractivity contribution in [2.24, 2.45) is 0 Å². The molecule has 1 aliphatic rings. The van der Waals surface area contributed by atoms with Crippen molar-refractivity contribution in [2.75, 3.05) is 31.2 Å². The Hall–Kier alpha value is -1.84. The third-order valence-electron chi connectivity index (χ3n) is 3.91. The summed E-state index contributed by atoms with van der Waals surface area (Å²) in [7, 11) is 0. The van der Waals surface area contributed by atoms with Crippen molar-refractivity contribution in [1.29, 1.82) is 0 Å². The van der Waals surface area contributed by atoms with Gasteiger partial charge >= 0.3 is 0 Å². The predicted molar refractivity (Wildman–Crippen MR) is 81.1 cm³/mol. The molecule has 104 valence electrons. The number of fused-ring (bicyclic) bond motifs is 3. The monoisotopic (exact) mass is 269 g/mol. The number of hydrogen-bond acceptors (Lipinski definition) is 3. The first-order chi connectivity index (χ1) is 9.85. The van der Waals surface area contributed by atoms with Gasteiger partial charge in [-0.2, -0.15) is 0 Å². The molecule has 2 aromatic rings. The minimum Gasteiger partial charge on any atom is -0.395 e. The lowest BCUT2D eigenvalue weighted by Crippen LogP contribution is -2.30. The van der Waals surface area contributed by atoms with Crippen molar-refractivity contribution in [2.45, 2.75) is 6.42 Å². The summed E-state index contributed by atoms with van der Waals surface area (Å²) in [4.78, 5) is 2.06. The second-order valence-corrected chi connectivity index (χ2v) is 5.07. The van der Waals surface area contributed by atoms with Gasteiger partial charge < -0.3 is 15.1 Å². The SMILES string of the molecule is OCCN(CCO)c1cccc2c1Cc1ccccc1-2. The minimum atomic E-state index is 0.0939. The third kappa shape index (κ3) is 2.19. The first kappa shape index (κ1) is 13.2. The van der Waals surface area contributed by atoms with E-state index in [1.54, 1.807) is 0 Å². The fourth-order valence-corrected chi connectivity index (χ4v) is 3.03. The Morgan fingerprint density at radius 2 is 1.55 bits per heavy atom. The molecule has 0 fully saturated rings. The molecule has 0 unspecified atom stereocenters. The second kappa shape index (κ2) is 5.65. The smallest absolute Gasteiger partial charge is 0.0606 e. The molecule has 0 amide bonds. The molecular formula is C17H19NO2. The Kier molecular flexibility index (Phi) is 3.72. The number of anilines is 1.